The van der Waals surface area contributed by atoms with E-state index in [9.17, 15) is 5.11 Å². The predicted octanol–water partition coefficient (Wildman–Crippen LogP) is 1.91. The molecular weight excluding hydrogens is 242 g/mol. The Morgan fingerprint density at radius 2 is 1.89 bits per heavy atom. The van der Waals surface area contributed by atoms with Crippen LogP contribution in [0.25, 0.3) is 0 Å². The van der Waals surface area contributed by atoms with Crippen LogP contribution in [0.4, 0.5) is 17.1 Å². The number of benzene rings is 2. The van der Waals surface area contributed by atoms with Crippen LogP contribution in [-0.4, -0.2) is 16.8 Å². The number of anilines is 3. The maximum Gasteiger partial charge on any atom is 0.140 e. The van der Waals surface area contributed by atoms with Gasteiger partial charge >= 0.3 is 0 Å². The molecule has 0 radical (unpaired) electrons. The molecule has 4 N–H and O–H groups in total. The van der Waals surface area contributed by atoms with Crippen LogP contribution < -0.4 is 16.0 Å². The number of hydrazine groups is 2. The van der Waals surface area contributed by atoms with Gasteiger partial charge in [0.2, 0.25) is 0 Å². The topological polar surface area (TPSA) is 67.8 Å². The van der Waals surface area contributed by atoms with Crippen molar-refractivity contribution in [3.63, 3.8) is 0 Å². The molecule has 0 atom stereocenters. The first-order valence-electron chi connectivity index (χ1n) is 6.13. The first kappa shape index (κ1) is 11.8. The lowest BCUT2D eigenvalue weighted by Crippen LogP contribution is -2.31. The van der Waals surface area contributed by atoms with Gasteiger partial charge in [0.25, 0.3) is 0 Å². The van der Waals surface area contributed by atoms with E-state index in [-0.39, 0.29) is 12.4 Å². The van der Waals surface area contributed by atoms with Crippen molar-refractivity contribution in [1.29, 1.82) is 0 Å². The fourth-order valence-electron chi connectivity index (χ4n) is 2.17. The second kappa shape index (κ2) is 4.79. The van der Waals surface area contributed by atoms with E-state index >= 15 is 0 Å². The van der Waals surface area contributed by atoms with E-state index < -0.39 is 0 Å². The van der Waals surface area contributed by atoms with E-state index in [0.29, 0.717) is 12.1 Å². The first-order valence-corrected chi connectivity index (χ1v) is 6.13. The van der Waals surface area contributed by atoms with Crippen LogP contribution in [0, 0.1) is 0 Å². The summed E-state index contributed by atoms with van der Waals surface area (Å²) in [5, 5.41) is 20.8. The Bertz CT molecular complexity index is 601. The zero-order chi connectivity index (χ0) is 13.2. The van der Waals surface area contributed by atoms with Crippen molar-refractivity contribution in [3.05, 3.63) is 48.0 Å². The number of hydrogen-bond donors (Lipinski definition) is 4. The highest BCUT2D eigenvalue weighted by molar-refractivity contribution is 5.81. The van der Waals surface area contributed by atoms with Crippen molar-refractivity contribution in [2.45, 2.75) is 6.42 Å². The summed E-state index contributed by atoms with van der Waals surface area (Å²) in [5.74, 6) is 0.188. The average Bonchev–Trinajstić information content (AvgIpc) is 2.85. The molecule has 0 saturated heterocycles. The minimum absolute atomic E-state index is 0.0898. The van der Waals surface area contributed by atoms with E-state index in [1.807, 2.05) is 36.4 Å². The summed E-state index contributed by atoms with van der Waals surface area (Å²) in [5.41, 5.74) is 9.58. The molecule has 0 unspecified atom stereocenters. The van der Waals surface area contributed by atoms with Crippen molar-refractivity contribution in [2.75, 3.05) is 17.0 Å². The highest BCUT2D eigenvalue weighted by Gasteiger charge is 2.21. The highest BCUT2D eigenvalue weighted by atomic mass is 16.3. The van der Waals surface area contributed by atoms with Gasteiger partial charge in [-0.15, -0.1) is 5.53 Å². The van der Waals surface area contributed by atoms with Crippen LogP contribution in [0.5, 0.6) is 5.75 Å². The summed E-state index contributed by atoms with van der Waals surface area (Å²) in [6.45, 7) is 0.0898. The van der Waals surface area contributed by atoms with Crippen molar-refractivity contribution in [1.82, 2.24) is 5.53 Å². The number of phenols is 1. The highest BCUT2D eigenvalue weighted by Crippen LogP contribution is 2.38. The monoisotopic (exact) mass is 257 g/mol. The molecule has 98 valence electrons. The third-order valence-electron chi connectivity index (χ3n) is 3.13. The molecule has 0 bridgehead atoms. The Hall–Kier alpha value is -2.24. The van der Waals surface area contributed by atoms with Crippen molar-refractivity contribution in [3.8, 4) is 5.75 Å². The molecule has 5 heteroatoms. The summed E-state index contributed by atoms with van der Waals surface area (Å²) in [6, 6.07) is 13.1. The maximum atomic E-state index is 10.0. The maximum absolute atomic E-state index is 10.0. The minimum atomic E-state index is 0.0898. The molecular formula is C14H15N3O2. The smallest absolute Gasteiger partial charge is 0.140 e. The predicted molar refractivity (Wildman–Crippen MR) is 74.2 cm³/mol. The molecule has 0 fully saturated rings. The van der Waals surface area contributed by atoms with Gasteiger partial charge in [0.1, 0.15) is 11.4 Å². The first-order chi connectivity index (χ1) is 9.29. The number of aromatic hydroxyl groups is 1. The zero-order valence-corrected chi connectivity index (χ0v) is 10.3. The Morgan fingerprint density at radius 1 is 1.05 bits per heavy atom. The standard InChI is InChI=1S/C14H15N3O2/c18-8-7-10-5-6-14(19)13(9-10)17-12-4-2-1-3-11(12)15-16-17/h1-6,9,15-16,18-19H,7-8H2. The van der Waals surface area contributed by atoms with Gasteiger partial charge in [-0.05, 0) is 36.2 Å². The van der Waals surface area contributed by atoms with Gasteiger partial charge in [0.15, 0.2) is 0 Å². The third-order valence-corrected chi connectivity index (χ3v) is 3.13. The summed E-state index contributed by atoms with van der Waals surface area (Å²) >= 11 is 0. The van der Waals surface area contributed by atoms with Crippen molar-refractivity contribution < 1.29 is 10.2 Å². The molecule has 1 heterocycles. The van der Waals surface area contributed by atoms with Gasteiger partial charge in [-0.2, -0.15) is 0 Å². The molecule has 1 aliphatic rings. The van der Waals surface area contributed by atoms with E-state index in [2.05, 4.69) is 11.0 Å². The van der Waals surface area contributed by atoms with Crippen molar-refractivity contribution in [2.24, 2.45) is 0 Å². The van der Waals surface area contributed by atoms with E-state index in [1.165, 1.54) is 0 Å². The molecule has 0 saturated carbocycles. The van der Waals surface area contributed by atoms with Crippen LogP contribution in [-0.2, 0) is 6.42 Å². The van der Waals surface area contributed by atoms with Gasteiger partial charge in [0.05, 0.1) is 11.4 Å². The quantitative estimate of drug-likeness (QED) is 0.676. The lowest BCUT2D eigenvalue weighted by molar-refractivity contribution is 0.299. The second-order valence-electron chi connectivity index (χ2n) is 4.39. The molecule has 0 aliphatic carbocycles. The Balaban J connectivity index is 2.01. The fraction of sp³-hybridized carbons (Fsp3) is 0.143. The van der Waals surface area contributed by atoms with E-state index in [0.717, 1.165) is 16.9 Å². The molecule has 0 aromatic heterocycles. The van der Waals surface area contributed by atoms with Crippen molar-refractivity contribution >= 4 is 17.1 Å². The molecule has 2 aromatic rings. The van der Waals surface area contributed by atoms with Gasteiger partial charge in [0, 0.05) is 6.61 Å². The van der Waals surface area contributed by atoms with Gasteiger partial charge < -0.3 is 15.6 Å². The number of aliphatic hydroxyl groups excluding tert-OH is 1. The van der Waals surface area contributed by atoms with Crippen LogP contribution in [0.15, 0.2) is 42.5 Å². The third kappa shape index (κ3) is 2.09. The molecule has 5 nitrogen and oxygen atoms in total. The molecule has 0 spiro atoms. The number of aliphatic hydroxyl groups is 1. The number of para-hydroxylation sites is 2. The summed E-state index contributed by atoms with van der Waals surface area (Å²) < 4.78 is 0. The number of hydrogen-bond acceptors (Lipinski definition) is 5. The SMILES string of the molecule is OCCc1ccc(O)c(N2NNc3ccccc32)c1. The number of rotatable bonds is 3. The lowest BCUT2D eigenvalue weighted by Gasteiger charge is -2.19. The molecule has 0 amide bonds. The summed E-state index contributed by atoms with van der Waals surface area (Å²) in [6.07, 6.45) is 0.566. The van der Waals surface area contributed by atoms with E-state index in [1.54, 1.807) is 11.1 Å². The number of fused-ring (bicyclic) bond motifs is 1. The average molecular weight is 257 g/mol. The molecule has 2 aromatic carbocycles. The molecule has 19 heavy (non-hydrogen) atoms. The Labute approximate surface area is 111 Å². The number of nitrogens with one attached hydrogen (secondary N) is 2. The van der Waals surface area contributed by atoms with Gasteiger partial charge in [-0.1, -0.05) is 18.2 Å². The van der Waals surface area contributed by atoms with Crippen LogP contribution in [0.3, 0.4) is 0 Å². The fourth-order valence-corrected chi connectivity index (χ4v) is 2.17. The van der Waals surface area contributed by atoms with E-state index in [4.69, 9.17) is 5.11 Å². The molecule has 3 rings (SSSR count). The van der Waals surface area contributed by atoms with Gasteiger partial charge in [-0.3, -0.25) is 5.01 Å². The number of phenolic OH excluding ortho intramolecular Hbond substituents is 1. The molecule has 1 aliphatic heterocycles. The van der Waals surface area contributed by atoms with Crippen LogP contribution in [0.2, 0.25) is 0 Å². The summed E-state index contributed by atoms with van der Waals surface area (Å²) in [4.78, 5) is 0. The zero-order valence-electron chi connectivity index (χ0n) is 10.3. The summed E-state index contributed by atoms with van der Waals surface area (Å²) in [7, 11) is 0. The van der Waals surface area contributed by atoms with Crippen LogP contribution >= 0.6 is 0 Å². The second-order valence-corrected chi connectivity index (χ2v) is 4.39. The number of nitrogens with zero attached hydrogens (tertiary/aromatic N) is 1. The van der Waals surface area contributed by atoms with Gasteiger partial charge in [-0.25, -0.2) is 0 Å². The minimum Gasteiger partial charge on any atom is -0.506 e. The lowest BCUT2D eigenvalue weighted by atomic mass is 10.1. The Kier molecular flexibility index (Phi) is 2.98. The van der Waals surface area contributed by atoms with Crippen LogP contribution in [0.1, 0.15) is 5.56 Å². The Morgan fingerprint density at radius 3 is 2.74 bits per heavy atom. The largest absolute Gasteiger partial charge is 0.506 e. The normalized spacial score (nSPS) is 13.2.